The highest BCUT2D eigenvalue weighted by Crippen LogP contribution is 2.20. The van der Waals surface area contributed by atoms with E-state index in [4.69, 9.17) is 4.74 Å². The molecule has 1 amide bonds. The first kappa shape index (κ1) is 89.1. The van der Waals surface area contributed by atoms with Gasteiger partial charge >= 0.3 is 5.97 Å². The van der Waals surface area contributed by atoms with Crippen molar-refractivity contribution in [2.75, 3.05) is 13.2 Å². The fraction of sp³-hybridized carbons (Fsp3) is 0.906. The van der Waals surface area contributed by atoms with Gasteiger partial charge in [-0.2, -0.15) is 0 Å². The molecule has 0 aromatic heterocycles. The van der Waals surface area contributed by atoms with Crippen molar-refractivity contribution in [2.45, 2.75) is 482 Å². The largest absolute Gasteiger partial charge is 0.466 e. The Bertz CT molecular complexity index is 1470. The van der Waals surface area contributed by atoms with Crippen LogP contribution < -0.4 is 5.32 Å². The van der Waals surface area contributed by atoms with Crippen molar-refractivity contribution < 1.29 is 24.5 Å². The quantitative estimate of drug-likeness (QED) is 0.0320. The number of amides is 1. The highest BCUT2D eigenvalue weighted by molar-refractivity contribution is 5.76. The zero-order chi connectivity index (χ0) is 65.6. The average Bonchev–Trinajstić information content (AvgIpc) is 3.69. The summed E-state index contributed by atoms with van der Waals surface area (Å²) in [6.45, 7) is 4.93. The zero-order valence-corrected chi connectivity index (χ0v) is 61.9. The molecule has 6 nitrogen and oxygen atoms in total. The van der Waals surface area contributed by atoms with Crippen molar-refractivity contribution in [3.63, 3.8) is 0 Å². The molecule has 0 saturated carbocycles. The van der Waals surface area contributed by atoms with Crippen LogP contribution >= 0.6 is 0 Å². The molecule has 2 atom stereocenters. The van der Waals surface area contributed by atoms with E-state index in [9.17, 15) is 19.8 Å². The van der Waals surface area contributed by atoms with Crippen LogP contribution in [-0.2, 0) is 14.3 Å². The summed E-state index contributed by atoms with van der Waals surface area (Å²) in [7, 11) is 0. The third kappa shape index (κ3) is 77.0. The second-order valence-electron chi connectivity index (χ2n) is 28.8. The highest BCUT2D eigenvalue weighted by atomic mass is 16.5. The van der Waals surface area contributed by atoms with Crippen LogP contribution in [0.2, 0.25) is 0 Å². The summed E-state index contributed by atoms with van der Waals surface area (Å²) in [6, 6.07) is -0.626. The van der Waals surface area contributed by atoms with Crippen LogP contribution in [0.4, 0.5) is 0 Å². The molecule has 0 bridgehead atoms. The first-order chi connectivity index (χ1) is 45.0. The molecule has 0 aliphatic heterocycles. The third-order valence-corrected chi connectivity index (χ3v) is 19.6. The Morgan fingerprint density at radius 3 is 0.802 bits per heavy atom. The fourth-order valence-corrected chi connectivity index (χ4v) is 13.3. The number of unbranched alkanes of at least 4 members (excludes halogenated alkanes) is 64. The van der Waals surface area contributed by atoms with Gasteiger partial charge in [0.1, 0.15) is 0 Å². The third-order valence-electron chi connectivity index (χ3n) is 19.6. The molecule has 91 heavy (non-hydrogen) atoms. The molecule has 0 rings (SSSR count). The normalized spacial score (nSPS) is 12.6. The van der Waals surface area contributed by atoms with E-state index in [0.717, 1.165) is 44.9 Å². The molecule has 0 aliphatic rings. The van der Waals surface area contributed by atoms with Gasteiger partial charge in [0.15, 0.2) is 0 Å². The highest BCUT2D eigenvalue weighted by Gasteiger charge is 2.18. The second kappa shape index (κ2) is 80.5. The van der Waals surface area contributed by atoms with E-state index >= 15 is 0 Å². The fourth-order valence-electron chi connectivity index (χ4n) is 13.3. The van der Waals surface area contributed by atoms with E-state index in [0.29, 0.717) is 19.4 Å². The number of carbonyl (C=O) groups excluding carboxylic acids is 2. The molecule has 3 N–H and O–H groups in total. The molecule has 538 valence electrons. The van der Waals surface area contributed by atoms with E-state index < -0.39 is 12.1 Å². The van der Waals surface area contributed by atoms with Gasteiger partial charge in [-0.05, 0) is 83.5 Å². The second-order valence-corrected chi connectivity index (χ2v) is 28.8. The predicted octanol–water partition coefficient (Wildman–Crippen LogP) is 27.8. The van der Waals surface area contributed by atoms with Gasteiger partial charge in [-0.1, -0.05) is 410 Å². The number of hydrogen-bond donors (Lipinski definition) is 3. The van der Waals surface area contributed by atoms with Gasteiger partial charge in [-0.25, -0.2) is 0 Å². The van der Waals surface area contributed by atoms with E-state index in [1.165, 1.54) is 398 Å². The van der Waals surface area contributed by atoms with Crippen LogP contribution in [0.25, 0.3) is 0 Å². The van der Waals surface area contributed by atoms with Crippen molar-refractivity contribution in [3.8, 4) is 0 Å². The van der Waals surface area contributed by atoms with Gasteiger partial charge in [-0.3, -0.25) is 9.59 Å². The molecule has 0 heterocycles. The molecule has 0 aliphatic carbocycles. The summed E-state index contributed by atoms with van der Waals surface area (Å²) in [4.78, 5) is 24.6. The number of hydrogen-bond acceptors (Lipinski definition) is 5. The minimum Gasteiger partial charge on any atom is -0.466 e. The van der Waals surface area contributed by atoms with Gasteiger partial charge in [0, 0.05) is 12.8 Å². The molecular formula is C85H163NO5. The van der Waals surface area contributed by atoms with Gasteiger partial charge < -0.3 is 20.3 Å². The maximum absolute atomic E-state index is 12.6. The lowest BCUT2D eigenvalue weighted by Crippen LogP contribution is -2.45. The molecule has 6 heteroatoms. The number of carbonyl (C=O) groups is 2. The van der Waals surface area contributed by atoms with Crippen LogP contribution in [0.1, 0.15) is 470 Å². The number of esters is 1. The lowest BCUT2D eigenvalue weighted by Gasteiger charge is -2.20. The maximum atomic E-state index is 12.6. The summed E-state index contributed by atoms with van der Waals surface area (Å²) in [5.41, 5.74) is 0. The minimum atomic E-state index is -0.843. The van der Waals surface area contributed by atoms with Gasteiger partial charge in [0.2, 0.25) is 5.91 Å². The minimum absolute atomic E-state index is 0.0128. The molecular weight excluding hydrogens is 1110 g/mol. The Balaban J connectivity index is 3.35. The summed E-state index contributed by atoms with van der Waals surface area (Å²) in [5, 5.41) is 23.3. The zero-order valence-electron chi connectivity index (χ0n) is 61.9. The van der Waals surface area contributed by atoms with Gasteiger partial charge in [-0.15, -0.1) is 0 Å². The van der Waals surface area contributed by atoms with Crippen LogP contribution in [0.5, 0.6) is 0 Å². The number of allylic oxidation sites excluding steroid dienone is 5. The summed E-state index contributed by atoms with van der Waals surface area (Å²) < 4.78 is 5.48. The van der Waals surface area contributed by atoms with E-state index in [1.54, 1.807) is 6.08 Å². The van der Waals surface area contributed by atoms with Gasteiger partial charge in [0.25, 0.3) is 0 Å². The first-order valence-electron chi connectivity index (χ1n) is 41.8. The van der Waals surface area contributed by atoms with Crippen molar-refractivity contribution in [3.05, 3.63) is 36.5 Å². The van der Waals surface area contributed by atoms with E-state index in [1.807, 2.05) is 6.08 Å². The molecule has 0 saturated heterocycles. The maximum Gasteiger partial charge on any atom is 0.305 e. The Morgan fingerprint density at radius 2 is 0.516 bits per heavy atom. The number of rotatable bonds is 79. The van der Waals surface area contributed by atoms with Crippen LogP contribution in [0.15, 0.2) is 36.5 Å². The monoisotopic (exact) mass is 1280 g/mol. The van der Waals surface area contributed by atoms with E-state index in [-0.39, 0.29) is 18.5 Å². The van der Waals surface area contributed by atoms with Crippen molar-refractivity contribution >= 4 is 11.9 Å². The lowest BCUT2D eigenvalue weighted by atomic mass is 10.0. The molecule has 0 aromatic carbocycles. The summed E-state index contributed by atoms with van der Waals surface area (Å²) in [6.07, 6.45) is 106. The Morgan fingerprint density at radius 1 is 0.297 bits per heavy atom. The molecule has 0 spiro atoms. The van der Waals surface area contributed by atoms with Crippen LogP contribution in [0, 0.1) is 0 Å². The molecule has 0 fully saturated rings. The molecule has 0 radical (unpaired) electrons. The molecule has 2 unspecified atom stereocenters. The number of aliphatic hydroxyl groups excluding tert-OH is 2. The summed E-state index contributed by atoms with van der Waals surface area (Å²) in [5.74, 6) is -0.0457. The van der Waals surface area contributed by atoms with Crippen LogP contribution in [0.3, 0.4) is 0 Å². The standard InChI is InChI=1S/C85H163NO5/c1-3-5-7-9-11-13-15-17-18-19-20-21-39-42-45-48-51-54-57-61-65-69-73-77-83(88)82(81-87)86-84(89)78-74-70-66-62-58-55-52-49-46-43-40-37-35-33-31-29-27-25-23-22-24-26-28-30-32-34-36-38-41-44-47-50-53-56-60-64-68-72-76-80-91-85(90)79-75-71-67-63-59-16-14-12-10-8-6-4-2/h12,14,22-23,73,77,82-83,87-88H,3-11,13,15-21,24-72,74-76,78-81H2,1-2H3,(H,86,89)/b14-12-,23-22-,77-73+. The summed E-state index contributed by atoms with van der Waals surface area (Å²) >= 11 is 0. The lowest BCUT2D eigenvalue weighted by molar-refractivity contribution is -0.143. The average molecular weight is 1280 g/mol. The SMILES string of the molecule is CCCCC/C=C\CCCCCCCC(=O)OCCCCCCCCCCCCCCCCCCCC/C=C\CCCCCCCCCCCCCCCCCCCC(=O)NC(CO)C(O)/C=C/CCCCCCCCCCCCCCCCCCCCCCC. The number of aliphatic hydroxyl groups is 2. The Hall–Kier alpha value is -1.92. The van der Waals surface area contributed by atoms with Gasteiger partial charge in [0.05, 0.1) is 25.4 Å². The first-order valence-corrected chi connectivity index (χ1v) is 41.8. The van der Waals surface area contributed by atoms with Crippen LogP contribution in [-0.4, -0.2) is 47.4 Å². The topological polar surface area (TPSA) is 95.9 Å². The van der Waals surface area contributed by atoms with E-state index in [2.05, 4.69) is 43.5 Å². The number of ether oxygens (including phenoxy) is 1. The van der Waals surface area contributed by atoms with Crippen molar-refractivity contribution in [1.29, 1.82) is 0 Å². The predicted molar refractivity (Wildman–Crippen MR) is 403 cm³/mol. The smallest absolute Gasteiger partial charge is 0.305 e. The Labute approximate surface area is 570 Å². The van der Waals surface area contributed by atoms with Crippen molar-refractivity contribution in [2.24, 2.45) is 0 Å². The molecule has 0 aromatic rings. The van der Waals surface area contributed by atoms with Crippen molar-refractivity contribution in [1.82, 2.24) is 5.32 Å². The Kier molecular flexibility index (Phi) is 78.8. The number of nitrogens with one attached hydrogen (secondary N) is 1.